The molecule has 2 aromatic rings. The van der Waals surface area contributed by atoms with Crippen LogP contribution in [0.2, 0.25) is 0 Å². The van der Waals surface area contributed by atoms with Crippen molar-refractivity contribution in [1.82, 2.24) is 9.61 Å². The molecule has 0 radical (unpaired) electrons. The smallest absolute Gasteiger partial charge is 0.0816 e. The third-order valence-electron chi connectivity index (χ3n) is 3.72. The van der Waals surface area contributed by atoms with E-state index in [1.807, 2.05) is 23.0 Å². The summed E-state index contributed by atoms with van der Waals surface area (Å²) >= 11 is 0. The van der Waals surface area contributed by atoms with Gasteiger partial charge in [0.15, 0.2) is 0 Å². The first-order valence-corrected chi connectivity index (χ1v) is 6.52. The lowest BCUT2D eigenvalue weighted by Crippen LogP contribution is -2.07. The van der Waals surface area contributed by atoms with Crippen LogP contribution in [0.5, 0.6) is 0 Å². The van der Waals surface area contributed by atoms with E-state index in [9.17, 15) is 0 Å². The largest absolute Gasteiger partial charge is 0.504 e. The van der Waals surface area contributed by atoms with E-state index in [4.69, 9.17) is 4.74 Å². The fraction of sp³-hybridized carbons (Fsp3) is 0.400. The monoisotopic (exact) mass is 242 g/mol. The number of fused-ring (bicyclic) bond motifs is 1. The Morgan fingerprint density at radius 3 is 2.89 bits per heavy atom. The van der Waals surface area contributed by atoms with E-state index in [0.717, 1.165) is 12.8 Å². The first-order chi connectivity index (χ1) is 8.86. The molecule has 3 heteroatoms. The lowest BCUT2D eigenvalue weighted by molar-refractivity contribution is 0.326. The van der Waals surface area contributed by atoms with E-state index in [0.29, 0.717) is 5.92 Å². The van der Waals surface area contributed by atoms with E-state index in [-0.39, 0.29) is 0 Å². The van der Waals surface area contributed by atoms with Crippen LogP contribution < -0.4 is 0 Å². The van der Waals surface area contributed by atoms with Gasteiger partial charge in [-0.15, -0.1) is 0 Å². The zero-order valence-corrected chi connectivity index (χ0v) is 10.7. The predicted molar refractivity (Wildman–Crippen MR) is 71.5 cm³/mol. The molecule has 94 valence electrons. The highest BCUT2D eigenvalue weighted by molar-refractivity contribution is 5.47. The van der Waals surface area contributed by atoms with Crippen molar-refractivity contribution in [1.29, 1.82) is 0 Å². The molecule has 0 N–H and O–H groups in total. The zero-order chi connectivity index (χ0) is 12.4. The average molecular weight is 242 g/mol. The summed E-state index contributed by atoms with van der Waals surface area (Å²) in [6.45, 7) is 0. The van der Waals surface area contributed by atoms with Crippen molar-refractivity contribution in [3.8, 4) is 0 Å². The zero-order valence-electron chi connectivity index (χ0n) is 10.7. The number of methoxy groups -OCH3 is 1. The molecule has 0 amide bonds. The Bertz CT molecular complexity index is 528. The number of pyridine rings is 1. The van der Waals surface area contributed by atoms with Crippen LogP contribution in [0.1, 0.15) is 37.3 Å². The molecule has 3 nitrogen and oxygen atoms in total. The van der Waals surface area contributed by atoms with Gasteiger partial charge in [0.2, 0.25) is 0 Å². The third-order valence-corrected chi connectivity index (χ3v) is 3.72. The van der Waals surface area contributed by atoms with E-state index >= 15 is 0 Å². The van der Waals surface area contributed by atoms with Crippen LogP contribution in [0.3, 0.4) is 0 Å². The molecule has 0 saturated heterocycles. The van der Waals surface area contributed by atoms with Gasteiger partial charge < -0.3 is 4.74 Å². The van der Waals surface area contributed by atoms with Crippen LogP contribution in [0.4, 0.5) is 0 Å². The average Bonchev–Trinajstić information content (AvgIpc) is 2.84. The molecule has 2 aromatic heterocycles. The van der Waals surface area contributed by atoms with Crippen molar-refractivity contribution in [2.24, 2.45) is 0 Å². The molecule has 0 unspecified atom stereocenters. The number of hydrogen-bond acceptors (Lipinski definition) is 2. The molecule has 0 atom stereocenters. The summed E-state index contributed by atoms with van der Waals surface area (Å²) in [6.07, 6.45) is 8.54. The van der Waals surface area contributed by atoms with Crippen LogP contribution in [0.25, 0.3) is 5.52 Å². The van der Waals surface area contributed by atoms with Crippen LogP contribution >= 0.6 is 0 Å². The molecule has 3 rings (SSSR count). The predicted octanol–water partition coefficient (Wildman–Crippen LogP) is 3.52. The quantitative estimate of drug-likeness (QED) is 0.753. The van der Waals surface area contributed by atoms with Gasteiger partial charge in [-0.2, -0.15) is 5.10 Å². The Morgan fingerprint density at radius 1 is 1.33 bits per heavy atom. The molecule has 0 spiro atoms. The molecule has 1 fully saturated rings. The Kier molecular flexibility index (Phi) is 3.05. The summed E-state index contributed by atoms with van der Waals surface area (Å²) in [5.74, 6) is 0.596. The summed E-state index contributed by atoms with van der Waals surface area (Å²) in [5.41, 5.74) is 3.85. The molecular formula is C15H18N2O. The van der Waals surface area contributed by atoms with Gasteiger partial charge in [-0.1, -0.05) is 6.07 Å². The Hall–Kier alpha value is -1.77. The minimum atomic E-state index is 0.596. The maximum absolute atomic E-state index is 5.09. The number of aromatic nitrogens is 2. The van der Waals surface area contributed by atoms with Crippen molar-refractivity contribution in [3.05, 3.63) is 48.0 Å². The lowest BCUT2D eigenvalue weighted by Gasteiger charge is -2.21. The third kappa shape index (κ3) is 2.13. The Balaban J connectivity index is 1.78. The van der Waals surface area contributed by atoms with Crippen molar-refractivity contribution in [2.45, 2.75) is 31.6 Å². The topological polar surface area (TPSA) is 26.5 Å². The highest BCUT2D eigenvalue weighted by atomic mass is 16.5. The van der Waals surface area contributed by atoms with Crippen LogP contribution in [0.15, 0.2) is 42.3 Å². The van der Waals surface area contributed by atoms with Crippen molar-refractivity contribution in [3.63, 3.8) is 0 Å². The number of allylic oxidation sites excluding steroid dienone is 1. The van der Waals surface area contributed by atoms with Crippen LogP contribution in [-0.2, 0) is 4.74 Å². The summed E-state index contributed by atoms with van der Waals surface area (Å²) in [4.78, 5) is 0. The van der Waals surface area contributed by atoms with E-state index < -0.39 is 0 Å². The summed E-state index contributed by atoms with van der Waals surface area (Å²) in [7, 11) is 1.72. The molecule has 0 bridgehead atoms. The maximum atomic E-state index is 5.09. The van der Waals surface area contributed by atoms with Gasteiger partial charge in [-0.05, 0) is 49.5 Å². The van der Waals surface area contributed by atoms with E-state index in [1.165, 1.54) is 29.6 Å². The first kappa shape index (κ1) is 11.3. The van der Waals surface area contributed by atoms with Crippen LogP contribution in [-0.4, -0.2) is 16.7 Å². The van der Waals surface area contributed by atoms with Crippen molar-refractivity contribution in [2.75, 3.05) is 7.11 Å². The number of ether oxygens (including phenoxy) is 1. The second-order valence-electron chi connectivity index (χ2n) is 4.93. The molecule has 18 heavy (non-hydrogen) atoms. The number of nitrogens with zero attached hydrogens (tertiary/aromatic N) is 2. The standard InChI is InChI=1S/C15H18N2O/c1-18-11-12-5-7-13(8-6-12)15-10-14-4-2-3-9-17(14)16-15/h2-4,9-11,13H,5-8H2,1H3. The normalized spacial score (nSPS) is 20.1. The minimum Gasteiger partial charge on any atom is -0.504 e. The van der Waals surface area contributed by atoms with Crippen molar-refractivity contribution < 1.29 is 4.74 Å². The molecule has 0 aliphatic heterocycles. The number of rotatable bonds is 2. The Labute approximate surface area is 107 Å². The SMILES string of the molecule is COC=C1CCC(c2cc3ccccn3n2)CC1. The first-order valence-electron chi connectivity index (χ1n) is 6.52. The molecule has 1 aliphatic rings. The molecule has 1 saturated carbocycles. The summed E-state index contributed by atoms with van der Waals surface area (Å²) in [5, 5.41) is 4.67. The van der Waals surface area contributed by atoms with Gasteiger partial charge in [0, 0.05) is 12.1 Å². The molecule has 2 heterocycles. The van der Waals surface area contributed by atoms with Gasteiger partial charge >= 0.3 is 0 Å². The van der Waals surface area contributed by atoms with Gasteiger partial charge in [0.1, 0.15) is 0 Å². The second kappa shape index (κ2) is 4.84. The van der Waals surface area contributed by atoms with E-state index in [1.54, 1.807) is 7.11 Å². The van der Waals surface area contributed by atoms with Gasteiger partial charge in [0.25, 0.3) is 0 Å². The van der Waals surface area contributed by atoms with Crippen molar-refractivity contribution >= 4 is 5.52 Å². The Morgan fingerprint density at radius 2 is 2.17 bits per heavy atom. The highest BCUT2D eigenvalue weighted by Crippen LogP contribution is 2.35. The highest BCUT2D eigenvalue weighted by Gasteiger charge is 2.20. The fourth-order valence-corrected chi connectivity index (χ4v) is 2.73. The summed E-state index contributed by atoms with van der Waals surface area (Å²) < 4.78 is 7.06. The second-order valence-corrected chi connectivity index (χ2v) is 4.93. The van der Waals surface area contributed by atoms with Gasteiger partial charge in [0.05, 0.1) is 24.6 Å². The maximum Gasteiger partial charge on any atom is 0.0816 e. The van der Waals surface area contributed by atoms with Gasteiger partial charge in [-0.3, -0.25) is 0 Å². The molecular weight excluding hydrogens is 224 g/mol. The molecule has 0 aromatic carbocycles. The van der Waals surface area contributed by atoms with Gasteiger partial charge in [-0.25, -0.2) is 4.52 Å². The minimum absolute atomic E-state index is 0.596. The fourth-order valence-electron chi connectivity index (χ4n) is 2.73. The molecule has 1 aliphatic carbocycles. The van der Waals surface area contributed by atoms with Crippen LogP contribution in [0, 0.1) is 0 Å². The van der Waals surface area contributed by atoms with E-state index in [2.05, 4.69) is 23.3 Å². The lowest BCUT2D eigenvalue weighted by atomic mass is 9.84. The number of hydrogen-bond donors (Lipinski definition) is 0. The summed E-state index contributed by atoms with van der Waals surface area (Å²) in [6, 6.07) is 8.40.